The fraction of sp³-hybridized carbons (Fsp3) is 0.333. The molecule has 0 atom stereocenters. The number of anilines is 2. The first kappa shape index (κ1) is 24.1. The third-order valence-electron chi connectivity index (χ3n) is 5.01. The Hall–Kier alpha value is -3.57. The van der Waals surface area contributed by atoms with E-state index in [9.17, 15) is 10.1 Å². The van der Waals surface area contributed by atoms with E-state index < -0.39 is 0 Å². The summed E-state index contributed by atoms with van der Waals surface area (Å²) in [5, 5.41) is 13.9. The summed E-state index contributed by atoms with van der Waals surface area (Å²) in [6.07, 6.45) is 0.956. The molecule has 1 heterocycles. The van der Waals surface area contributed by atoms with E-state index in [1.165, 1.54) is 0 Å². The number of carbonyl (C=O) groups is 1. The molecular formula is C24H26ClN5O3. The molecule has 0 unspecified atom stereocenters. The maximum absolute atomic E-state index is 11.6. The topological polar surface area (TPSA) is 100 Å². The molecule has 9 heteroatoms. The summed E-state index contributed by atoms with van der Waals surface area (Å²) in [6, 6.07) is 13.0. The van der Waals surface area contributed by atoms with Crippen molar-refractivity contribution < 1.29 is 14.3 Å². The SMILES string of the molecule is CCOC(=O)CCCN(C)c1nc(NCc2ccc(OC)c(Cl)c2)c2cc(C#N)ccc2n1. The summed E-state index contributed by atoms with van der Waals surface area (Å²) in [6.45, 7) is 3.23. The molecule has 1 aromatic heterocycles. The van der Waals surface area contributed by atoms with Crippen LogP contribution in [-0.2, 0) is 16.1 Å². The maximum atomic E-state index is 11.6. The molecule has 0 spiro atoms. The highest BCUT2D eigenvalue weighted by molar-refractivity contribution is 6.32. The van der Waals surface area contributed by atoms with Gasteiger partial charge in [-0.05, 0) is 49.2 Å². The molecule has 172 valence electrons. The minimum Gasteiger partial charge on any atom is -0.495 e. The van der Waals surface area contributed by atoms with Crippen LogP contribution in [0.1, 0.15) is 30.9 Å². The van der Waals surface area contributed by atoms with Gasteiger partial charge >= 0.3 is 5.97 Å². The number of hydrogen-bond donors (Lipinski definition) is 1. The number of ether oxygens (including phenoxy) is 2. The lowest BCUT2D eigenvalue weighted by Crippen LogP contribution is -2.22. The van der Waals surface area contributed by atoms with Gasteiger partial charge in [-0.25, -0.2) is 4.98 Å². The van der Waals surface area contributed by atoms with Crippen LogP contribution in [0, 0.1) is 11.3 Å². The molecule has 0 aliphatic heterocycles. The van der Waals surface area contributed by atoms with Gasteiger partial charge in [0, 0.05) is 31.9 Å². The summed E-state index contributed by atoms with van der Waals surface area (Å²) in [4.78, 5) is 22.9. The molecule has 0 aliphatic rings. The van der Waals surface area contributed by atoms with Gasteiger partial charge in [-0.15, -0.1) is 0 Å². The Kier molecular flexibility index (Phi) is 8.28. The second-order valence-electron chi connectivity index (χ2n) is 7.37. The molecule has 8 nitrogen and oxygen atoms in total. The lowest BCUT2D eigenvalue weighted by atomic mass is 10.1. The Balaban J connectivity index is 1.84. The molecule has 0 saturated carbocycles. The molecule has 0 bridgehead atoms. The zero-order valence-corrected chi connectivity index (χ0v) is 19.6. The van der Waals surface area contributed by atoms with Crippen molar-refractivity contribution in [2.24, 2.45) is 0 Å². The molecule has 0 aliphatic carbocycles. The van der Waals surface area contributed by atoms with Crippen LogP contribution in [0.4, 0.5) is 11.8 Å². The van der Waals surface area contributed by atoms with Crippen LogP contribution >= 0.6 is 11.6 Å². The average Bonchev–Trinajstić information content (AvgIpc) is 2.82. The first-order chi connectivity index (χ1) is 15.9. The van der Waals surface area contributed by atoms with E-state index in [-0.39, 0.29) is 5.97 Å². The lowest BCUT2D eigenvalue weighted by molar-refractivity contribution is -0.143. The van der Waals surface area contributed by atoms with Crippen LogP contribution in [-0.4, -0.2) is 43.2 Å². The van der Waals surface area contributed by atoms with Gasteiger partial charge < -0.3 is 19.7 Å². The number of nitriles is 1. The minimum atomic E-state index is -0.213. The van der Waals surface area contributed by atoms with Crippen molar-refractivity contribution in [3.05, 3.63) is 52.5 Å². The van der Waals surface area contributed by atoms with E-state index in [1.807, 2.05) is 30.1 Å². The van der Waals surface area contributed by atoms with Crippen molar-refractivity contribution in [3.8, 4) is 11.8 Å². The van der Waals surface area contributed by atoms with Crippen LogP contribution in [0.25, 0.3) is 10.9 Å². The van der Waals surface area contributed by atoms with Gasteiger partial charge in [0.2, 0.25) is 5.95 Å². The Labute approximate surface area is 198 Å². The molecule has 1 N–H and O–H groups in total. The fourth-order valence-corrected chi connectivity index (χ4v) is 3.57. The molecule has 2 aromatic carbocycles. The fourth-order valence-electron chi connectivity index (χ4n) is 3.29. The van der Waals surface area contributed by atoms with Crippen LogP contribution in [0.3, 0.4) is 0 Å². The molecule has 0 fully saturated rings. The van der Waals surface area contributed by atoms with Gasteiger partial charge in [0.25, 0.3) is 0 Å². The van der Waals surface area contributed by atoms with Crippen molar-refractivity contribution in [2.75, 3.05) is 37.5 Å². The Morgan fingerprint density at radius 3 is 2.76 bits per heavy atom. The van der Waals surface area contributed by atoms with Crippen molar-refractivity contribution in [1.29, 1.82) is 5.26 Å². The molecule has 3 aromatic rings. The highest BCUT2D eigenvalue weighted by Gasteiger charge is 2.13. The second kappa shape index (κ2) is 11.3. The molecular weight excluding hydrogens is 442 g/mol. The van der Waals surface area contributed by atoms with Gasteiger partial charge in [-0.3, -0.25) is 4.79 Å². The van der Waals surface area contributed by atoms with Gasteiger partial charge in [0.1, 0.15) is 11.6 Å². The lowest BCUT2D eigenvalue weighted by Gasteiger charge is -2.19. The molecule has 3 rings (SSSR count). The van der Waals surface area contributed by atoms with Crippen LogP contribution in [0.15, 0.2) is 36.4 Å². The van der Waals surface area contributed by atoms with Crippen molar-refractivity contribution in [2.45, 2.75) is 26.3 Å². The zero-order valence-electron chi connectivity index (χ0n) is 18.9. The third kappa shape index (κ3) is 6.24. The molecule has 0 saturated heterocycles. The Morgan fingerprint density at radius 2 is 2.06 bits per heavy atom. The van der Waals surface area contributed by atoms with Crippen LogP contribution < -0.4 is 15.0 Å². The van der Waals surface area contributed by atoms with E-state index in [0.29, 0.717) is 66.2 Å². The van der Waals surface area contributed by atoms with E-state index >= 15 is 0 Å². The highest BCUT2D eigenvalue weighted by Crippen LogP contribution is 2.27. The van der Waals surface area contributed by atoms with Gasteiger partial charge in [0.15, 0.2) is 0 Å². The number of aromatic nitrogens is 2. The molecule has 0 amide bonds. The van der Waals surface area contributed by atoms with E-state index in [1.54, 1.807) is 32.2 Å². The number of rotatable bonds is 10. The monoisotopic (exact) mass is 467 g/mol. The Bertz CT molecular complexity index is 1180. The quantitative estimate of drug-likeness (QED) is 0.433. The second-order valence-corrected chi connectivity index (χ2v) is 7.78. The smallest absolute Gasteiger partial charge is 0.305 e. The highest BCUT2D eigenvalue weighted by atomic mass is 35.5. The number of carbonyl (C=O) groups excluding carboxylic acids is 1. The van der Waals surface area contributed by atoms with Gasteiger partial charge in [-0.2, -0.15) is 10.2 Å². The number of halogens is 1. The van der Waals surface area contributed by atoms with Crippen LogP contribution in [0.2, 0.25) is 5.02 Å². The normalized spacial score (nSPS) is 10.5. The van der Waals surface area contributed by atoms with Gasteiger partial charge in [-0.1, -0.05) is 17.7 Å². The average molecular weight is 468 g/mol. The molecule has 33 heavy (non-hydrogen) atoms. The number of hydrogen-bond acceptors (Lipinski definition) is 8. The van der Waals surface area contributed by atoms with E-state index in [0.717, 1.165) is 10.9 Å². The van der Waals surface area contributed by atoms with Crippen molar-refractivity contribution in [1.82, 2.24) is 9.97 Å². The zero-order chi connectivity index (χ0) is 23.8. The first-order valence-corrected chi connectivity index (χ1v) is 11.0. The number of methoxy groups -OCH3 is 1. The van der Waals surface area contributed by atoms with Gasteiger partial charge in [0.05, 0.1) is 35.9 Å². The Morgan fingerprint density at radius 1 is 1.24 bits per heavy atom. The van der Waals surface area contributed by atoms with Crippen LogP contribution in [0.5, 0.6) is 5.75 Å². The number of nitrogens with zero attached hydrogens (tertiary/aromatic N) is 4. The van der Waals surface area contributed by atoms with Crippen molar-refractivity contribution >= 4 is 40.2 Å². The third-order valence-corrected chi connectivity index (χ3v) is 5.31. The van der Waals surface area contributed by atoms with Crippen molar-refractivity contribution in [3.63, 3.8) is 0 Å². The predicted molar refractivity (Wildman–Crippen MR) is 129 cm³/mol. The summed E-state index contributed by atoms with van der Waals surface area (Å²) < 4.78 is 10.2. The summed E-state index contributed by atoms with van der Waals surface area (Å²) in [5.74, 6) is 1.52. The molecule has 0 radical (unpaired) electrons. The van der Waals surface area contributed by atoms with E-state index in [2.05, 4.69) is 16.4 Å². The maximum Gasteiger partial charge on any atom is 0.305 e. The summed E-state index contributed by atoms with van der Waals surface area (Å²) >= 11 is 6.25. The first-order valence-electron chi connectivity index (χ1n) is 10.6. The summed E-state index contributed by atoms with van der Waals surface area (Å²) in [7, 11) is 3.45. The predicted octanol–water partition coefficient (Wildman–Crippen LogP) is 4.56. The standard InChI is InChI=1S/C24H26ClN5O3/c1-4-33-22(31)6-5-11-30(2)24-28-20-9-7-16(14-26)12-18(20)23(29-24)27-15-17-8-10-21(32-3)19(25)13-17/h7-10,12-13H,4-6,11,15H2,1-3H3,(H,27,28,29). The minimum absolute atomic E-state index is 0.213. The number of esters is 1. The summed E-state index contributed by atoms with van der Waals surface area (Å²) in [5.41, 5.74) is 2.19. The number of benzene rings is 2. The largest absolute Gasteiger partial charge is 0.495 e. The number of fused-ring (bicyclic) bond motifs is 1. The number of nitrogens with one attached hydrogen (secondary N) is 1. The van der Waals surface area contributed by atoms with E-state index in [4.69, 9.17) is 26.1 Å².